The Bertz CT molecular complexity index is 512. The summed E-state index contributed by atoms with van der Waals surface area (Å²) in [7, 11) is 0. The van der Waals surface area contributed by atoms with Crippen LogP contribution in [0.2, 0.25) is 0 Å². The van der Waals surface area contributed by atoms with Gasteiger partial charge in [-0.05, 0) is 51.3 Å². The summed E-state index contributed by atoms with van der Waals surface area (Å²) >= 11 is 0. The molecule has 0 saturated carbocycles. The highest BCUT2D eigenvalue weighted by Gasteiger charge is 2.22. The van der Waals surface area contributed by atoms with Crippen molar-refractivity contribution in [3.05, 3.63) is 35.9 Å². The van der Waals surface area contributed by atoms with Crippen LogP contribution in [0.5, 0.6) is 0 Å². The van der Waals surface area contributed by atoms with Crippen LogP contribution >= 0.6 is 24.0 Å². The van der Waals surface area contributed by atoms with Crippen LogP contribution in [0.1, 0.15) is 45.1 Å². The van der Waals surface area contributed by atoms with Gasteiger partial charge in [-0.15, -0.1) is 24.0 Å². The summed E-state index contributed by atoms with van der Waals surface area (Å²) in [6.07, 6.45) is 4.73. The number of benzene rings is 1. The Balaban J connectivity index is 0.00000364. The van der Waals surface area contributed by atoms with Gasteiger partial charge >= 0.3 is 0 Å². The third-order valence-corrected chi connectivity index (χ3v) is 4.83. The van der Waals surface area contributed by atoms with Crippen LogP contribution in [0.4, 0.5) is 0 Å². The monoisotopic (exact) mass is 488 g/mol. The molecule has 1 atom stereocenters. The Morgan fingerprint density at radius 1 is 1.19 bits per heavy atom. The molecule has 1 unspecified atom stereocenters. The largest absolute Gasteiger partial charge is 0.377 e. The number of nitrogens with zero attached hydrogens (tertiary/aromatic N) is 2. The van der Waals surface area contributed by atoms with E-state index in [2.05, 4.69) is 53.6 Å². The van der Waals surface area contributed by atoms with E-state index in [0.29, 0.717) is 12.6 Å². The fraction of sp³-hybridized carbons (Fsp3) is 0.667. The predicted octanol–water partition coefficient (Wildman–Crippen LogP) is 3.64. The molecule has 0 amide bonds. The molecule has 0 spiro atoms. The van der Waals surface area contributed by atoms with E-state index in [0.717, 1.165) is 51.6 Å². The number of nitrogens with one attached hydrogen (secondary N) is 2. The molecule has 0 bridgehead atoms. The van der Waals surface area contributed by atoms with Crippen molar-refractivity contribution in [1.29, 1.82) is 0 Å². The molecule has 0 radical (unpaired) electrons. The van der Waals surface area contributed by atoms with Crippen molar-refractivity contribution < 1.29 is 4.74 Å². The molecule has 0 aliphatic carbocycles. The molecule has 5 nitrogen and oxygen atoms in total. The van der Waals surface area contributed by atoms with E-state index >= 15 is 0 Å². The molecule has 1 aromatic carbocycles. The van der Waals surface area contributed by atoms with E-state index in [-0.39, 0.29) is 24.0 Å². The summed E-state index contributed by atoms with van der Waals surface area (Å²) in [5.41, 5.74) is 1.24. The topological polar surface area (TPSA) is 48.9 Å². The van der Waals surface area contributed by atoms with Crippen LogP contribution < -0.4 is 10.6 Å². The zero-order valence-corrected chi connectivity index (χ0v) is 19.3. The molecule has 1 aliphatic heterocycles. The van der Waals surface area contributed by atoms with Crippen LogP contribution in [0, 0.1) is 0 Å². The Hall–Kier alpha value is -0.860. The number of halogens is 1. The second-order valence-electron chi connectivity index (χ2n) is 6.82. The molecule has 1 fully saturated rings. The van der Waals surface area contributed by atoms with Crippen molar-refractivity contribution in [3.63, 3.8) is 0 Å². The van der Waals surface area contributed by atoms with Crippen molar-refractivity contribution in [2.45, 2.75) is 52.2 Å². The number of likely N-dealkylation sites (N-methyl/N-ethyl adjacent to an activating group) is 1. The van der Waals surface area contributed by atoms with Crippen LogP contribution in [-0.4, -0.2) is 56.2 Å². The lowest BCUT2D eigenvalue weighted by Gasteiger charge is -2.21. The number of likely N-dealkylation sites (tertiary alicyclic amines) is 1. The van der Waals surface area contributed by atoms with E-state index < -0.39 is 0 Å². The lowest BCUT2D eigenvalue weighted by Crippen LogP contribution is -2.39. The highest BCUT2D eigenvalue weighted by atomic mass is 127. The van der Waals surface area contributed by atoms with Gasteiger partial charge in [-0.3, -0.25) is 9.89 Å². The first-order valence-electron chi connectivity index (χ1n) is 10.2. The number of ether oxygens (including phenoxy) is 1. The van der Waals surface area contributed by atoms with Crippen LogP contribution in [0.25, 0.3) is 0 Å². The van der Waals surface area contributed by atoms with Crippen molar-refractivity contribution >= 4 is 29.9 Å². The smallest absolute Gasteiger partial charge is 0.191 e. The average Bonchev–Trinajstić information content (AvgIpc) is 3.13. The zero-order valence-electron chi connectivity index (χ0n) is 17.0. The molecule has 1 heterocycles. The minimum Gasteiger partial charge on any atom is -0.377 e. The Morgan fingerprint density at radius 3 is 2.74 bits per heavy atom. The van der Waals surface area contributed by atoms with Crippen LogP contribution in [-0.2, 0) is 11.3 Å². The van der Waals surface area contributed by atoms with Gasteiger partial charge in [0.1, 0.15) is 0 Å². The maximum atomic E-state index is 5.73. The molecular formula is C21H37IN4O. The summed E-state index contributed by atoms with van der Waals surface area (Å²) in [5, 5.41) is 6.80. The third-order valence-electron chi connectivity index (χ3n) is 4.83. The minimum absolute atomic E-state index is 0. The molecule has 1 aromatic rings. The van der Waals surface area contributed by atoms with E-state index in [4.69, 9.17) is 9.73 Å². The SMILES string of the molecule is CCNC(=NCC1CCCN1CC)NCCCCOCc1ccccc1.I. The maximum Gasteiger partial charge on any atom is 0.191 e. The molecule has 0 aromatic heterocycles. The van der Waals surface area contributed by atoms with Gasteiger partial charge < -0.3 is 15.4 Å². The molecule has 6 heteroatoms. The highest BCUT2D eigenvalue weighted by molar-refractivity contribution is 14.0. The van der Waals surface area contributed by atoms with Gasteiger partial charge in [0.05, 0.1) is 13.2 Å². The average molecular weight is 488 g/mol. The third kappa shape index (κ3) is 9.76. The van der Waals surface area contributed by atoms with Gasteiger partial charge in [0.15, 0.2) is 5.96 Å². The summed E-state index contributed by atoms with van der Waals surface area (Å²) in [6, 6.07) is 11.0. The Labute approximate surface area is 182 Å². The van der Waals surface area contributed by atoms with Gasteiger partial charge in [0.25, 0.3) is 0 Å². The van der Waals surface area contributed by atoms with Crippen molar-refractivity contribution in [1.82, 2.24) is 15.5 Å². The molecular weight excluding hydrogens is 451 g/mol. The van der Waals surface area contributed by atoms with E-state index in [1.54, 1.807) is 0 Å². The van der Waals surface area contributed by atoms with Gasteiger partial charge in [0.2, 0.25) is 0 Å². The number of hydrogen-bond acceptors (Lipinski definition) is 3. The number of aliphatic imine (C=N–C) groups is 1. The lowest BCUT2D eigenvalue weighted by atomic mass is 10.2. The normalized spacial score (nSPS) is 17.6. The Morgan fingerprint density at radius 2 is 2.00 bits per heavy atom. The molecule has 2 rings (SSSR count). The summed E-state index contributed by atoms with van der Waals surface area (Å²) in [4.78, 5) is 7.33. The molecule has 1 aliphatic rings. The molecule has 154 valence electrons. The van der Waals surface area contributed by atoms with E-state index in [1.165, 1.54) is 24.9 Å². The molecule has 27 heavy (non-hydrogen) atoms. The van der Waals surface area contributed by atoms with Gasteiger partial charge in [-0.1, -0.05) is 37.3 Å². The number of unbranched alkanes of at least 4 members (excludes halogenated alkanes) is 1. The van der Waals surface area contributed by atoms with Crippen LogP contribution in [0.15, 0.2) is 35.3 Å². The van der Waals surface area contributed by atoms with Crippen molar-refractivity contribution in [3.8, 4) is 0 Å². The zero-order chi connectivity index (χ0) is 18.5. The van der Waals surface area contributed by atoms with Crippen molar-refractivity contribution in [2.24, 2.45) is 4.99 Å². The maximum absolute atomic E-state index is 5.73. The number of hydrogen-bond donors (Lipinski definition) is 2. The highest BCUT2D eigenvalue weighted by Crippen LogP contribution is 2.16. The first-order chi connectivity index (χ1) is 12.8. The fourth-order valence-corrected chi connectivity index (χ4v) is 3.36. The van der Waals surface area contributed by atoms with Crippen molar-refractivity contribution in [2.75, 3.05) is 39.3 Å². The lowest BCUT2D eigenvalue weighted by molar-refractivity contribution is 0.117. The Kier molecular flexibility index (Phi) is 13.5. The van der Waals surface area contributed by atoms with Gasteiger partial charge in [-0.25, -0.2) is 0 Å². The second-order valence-corrected chi connectivity index (χ2v) is 6.82. The van der Waals surface area contributed by atoms with Gasteiger partial charge in [-0.2, -0.15) is 0 Å². The quantitative estimate of drug-likeness (QED) is 0.216. The standard InChI is InChI=1S/C21H36N4O.HI/c1-3-22-21(24-17-20-13-10-15-25(20)4-2)23-14-8-9-16-26-18-19-11-6-5-7-12-19;/h5-7,11-12,20H,3-4,8-10,13-18H2,1-2H3,(H2,22,23,24);1H. The summed E-state index contributed by atoms with van der Waals surface area (Å²) in [6.45, 7) is 10.9. The molecule has 1 saturated heterocycles. The van der Waals surface area contributed by atoms with Gasteiger partial charge in [0, 0.05) is 25.7 Å². The number of guanidine groups is 1. The summed E-state index contributed by atoms with van der Waals surface area (Å²) < 4.78 is 5.73. The number of rotatable bonds is 11. The second kappa shape index (κ2) is 15.1. The first kappa shape index (κ1) is 24.2. The minimum atomic E-state index is 0. The first-order valence-corrected chi connectivity index (χ1v) is 10.2. The van der Waals surface area contributed by atoms with E-state index in [1.807, 2.05) is 6.07 Å². The fourth-order valence-electron chi connectivity index (χ4n) is 3.36. The molecule has 2 N–H and O–H groups in total. The van der Waals surface area contributed by atoms with E-state index in [9.17, 15) is 0 Å². The van der Waals surface area contributed by atoms with Crippen LogP contribution in [0.3, 0.4) is 0 Å². The predicted molar refractivity (Wildman–Crippen MR) is 125 cm³/mol. The summed E-state index contributed by atoms with van der Waals surface area (Å²) in [5.74, 6) is 0.945.